The topological polar surface area (TPSA) is 22.9 Å². The van der Waals surface area contributed by atoms with Crippen LogP contribution in [0.15, 0.2) is 144 Å². The maximum absolute atomic E-state index is 6.78. The third-order valence-electron chi connectivity index (χ3n) is 19.8. The molecule has 3 heterocycles. The van der Waals surface area contributed by atoms with Gasteiger partial charge in [0.1, 0.15) is 11.2 Å². The van der Waals surface area contributed by atoms with Crippen molar-refractivity contribution in [3.05, 3.63) is 190 Å². The van der Waals surface area contributed by atoms with Crippen LogP contribution in [0.1, 0.15) is 173 Å². The predicted octanol–water partition coefficient (Wildman–Crippen LogP) is 19.4. The Kier molecular flexibility index (Phi) is 11.5. The minimum atomic E-state index is -0.0550. The number of hydrogen-bond acceptors (Lipinski definition) is 4. The Labute approximate surface area is 478 Å². The Hall–Kier alpha value is -6.98. The van der Waals surface area contributed by atoms with Crippen LogP contribution in [0.5, 0.6) is 0 Å². The van der Waals surface area contributed by atoms with Gasteiger partial charge in [-0.15, -0.1) is 0 Å². The highest BCUT2D eigenvalue weighted by Crippen LogP contribution is 2.54. The zero-order chi connectivity index (χ0) is 56.5. The molecule has 0 saturated carbocycles. The highest BCUT2D eigenvalue weighted by atomic mass is 16.3. The molecule has 0 radical (unpaired) electrons. The van der Waals surface area contributed by atoms with Gasteiger partial charge in [0.15, 0.2) is 0 Å². The third kappa shape index (κ3) is 8.05. The molecule has 406 valence electrons. The number of anilines is 9. The monoisotopic (exact) mass is 1050 g/mol. The smallest absolute Gasteiger partial charge is 0.252 e. The van der Waals surface area contributed by atoms with Gasteiger partial charge in [-0.2, -0.15) is 0 Å². The van der Waals surface area contributed by atoms with Crippen molar-refractivity contribution in [1.82, 2.24) is 0 Å². The molecule has 9 aromatic rings. The Balaban J connectivity index is 1.14. The predicted molar refractivity (Wildman–Crippen MR) is 345 cm³/mol. The second-order valence-electron chi connectivity index (χ2n) is 29.4. The van der Waals surface area contributed by atoms with E-state index in [1.165, 1.54) is 113 Å². The first kappa shape index (κ1) is 52.4. The summed E-state index contributed by atoms with van der Waals surface area (Å²) in [6.07, 6.45) is 4.64. The van der Waals surface area contributed by atoms with Crippen LogP contribution in [0.25, 0.3) is 21.9 Å². The molecule has 0 N–H and O–H groups in total. The lowest BCUT2D eigenvalue weighted by Gasteiger charge is -2.48. The van der Waals surface area contributed by atoms with Crippen molar-refractivity contribution in [1.29, 1.82) is 0 Å². The first-order chi connectivity index (χ1) is 37.6. The SMILES string of the molecule is Cc1cc2c3c(c1)N(c1cccc4oc5ccccc5c14)c1cc(N(c4ccc(C(C)(C)C)cc4C)c4ccc(C(C)(C)C)cc4C)ccc1B3c1cc3c(cc1N2c1ccc2c(c1)C(C)(C)CCC2(C)C)C(C)(C)CCC3(C)C. The number of fused-ring (bicyclic) bond motifs is 9. The fourth-order valence-electron chi connectivity index (χ4n) is 14.7. The lowest BCUT2D eigenvalue weighted by Crippen LogP contribution is -2.62. The minimum Gasteiger partial charge on any atom is -0.456 e. The van der Waals surface area contributed by atoms with Crippen molar-refractivity contribution < 1.29 is 4.42 Å². The van der Waals surface area contributed by atoms with Crippen LogP contribution in [-0.2, 0) is 32.5 Å². The molecule has 80 heavy (non-hydrogen) atoms. The summed E-state index contributed by atoms with van der Waals surface area (Å²) < 4.78 is 6.78. The molecule has 5 heteroatoms. The molecule has 0 unspecified atom stereocenters. The number of para-hydroxylation sites is 1. The van der Waals surface area contributed by atoms with E-state index in [9.17, 15) is 0 Å². The van der Waals surface area contributed by atoms with Crippen molar-refractivity contribution in [2.45, 2.75) is 176 Å². The normalized spacial score (nSPS) is 17.4. The van der Waals surface area contributed by atoms with E-state index in [-0.39, 0.29) is 39.2 Å². The molecule has 2 aliphatic heterocycles. The van der Waals surface area contributed by atoms with E-state index in [2.05, 4.69) is 272 Å². The molecule has 0 spiro atoms. The van der Waals surface area contributed by atoms with Crippen molar-refractivity contribution >= 4 is 96.2 Å². The average Bonchev–Trinajstić information content (AvgIpc) is 3.45. The number of furan rings is 1. The molecule has 2 aliphatic carbocycles. The summed E-state index contributed by atoms with van der Waals surface area (Å²) in [7, 11) is 0. The Morgan fingerprint density at radius 2 is 0.988 bits per heavy atom. The number of benzene rings is 8. The summed E-state index contributed by atoms with van der Waals surface area (Å²) in [5.41, 5.74) is 29.1. The standard InChI is InChI=1S/C75H82BN3O/c1-45-37-64-69-65(38-45)79(61-22-20-24-67-68(61)52-21-18-19-23-66(52)80-67)62-42-51(77(59-31-25-48(39-46(59)2)70(4,5)6)60-32-26-49(40-47(60)3)71(7,8)9)28-30-57(62)76(69)58-43-55-56(75(16,17)36-35-74(55,14)15)44-63(58)78(64)50-27-29-53-54(41-50)73(12,13)34-33-72(53,10)11/h18-32,37-44H,33-36H2,1-17H3. The van der Waals surface area contributed by atoms with E-state index < -0.39 is 0 Å². The highest BCUT2D eigenvalue weighted by Gasteiger charge is 2.48. The van der Waals surface area contributed by atoms with Crippen molar-refractivity contribution in [3.63, 3.8) is 0 Å². The van der Waals surface area contributed by atoms with Gasteiger partial charge in [0.25, 0.3) is 6.71 Å². The van der Waals surface area contributed by atoms with E-state index >= 15 is 0 Å². The molecule has 0 amide bonds. The van der Waals surface area contributed by atoms with Gasteiger partial charge in [-0.05, 0) is 218 Å². The Morgan fingerprint density at radius 1 is 0.450 bits per heavy atom. The van der Waals surface area contributed by atoms with Crippen LogP contribution in [-0.4, -0.2) is 6.71 Å². The molecule has 0 atom stereocenters. The lowest BCUT2D eigenvalue weighted by molar-refractivity contribution is 0.332. The Morgan fingerprint density at radius 3 is 1.59 bits per heavy atom. The van der Waals surface area contributed by atoms with Gasteiger partial charge >= 0.3 is 0 Å². The van der Waals surface area contributed by atoms with Gasteiger partial charge < -0.3 is 19.1 Å². The summed E-state index contributed by atoms with van der Waals surface area (Å²) in [6.45, 7) is 40.5. The molecule has 13 rings (SSSR count). The van der Waals surface area contributed by atoms with Crippen molar-refractivity contribution in [3.8, 4) is 0 Å². The van der Waals surface area contributed by atoms with Crippen LogP contribution < -0.4 is 31.1 Å². The summed E-state index contributed by atoms with van der Waals surface area (Å²) >= 11 is 0. The second kappa shape index (κ2) is 17.5. The van der Waals surface area contributed by atoms with Crippen LogP contribution in [0, 0.1) is 20.8 Å². The summed E-state index contributed by atoms with van der Waals surface area (Å²) in [6, 6.07) is 54.8. The number of aryl methyl sites for hydroxylation is 3. The first-order valence-corrected chi connectivity index (χ1v) is 29.8. The number of rotatable bonds is 5. The van der Waals surface area contributed by atoms with Crippen LogP contribution in [0.2, 0.25) is 0 Å². The van der Waals surface area contributed by atoms with Gasteiger partial charge in [-0.25, -0.2) is 0 Å². The lowest BCUT2D eigenvalue weighted by atomic mass is 9.33. The molecule has 8 aromatic carbocycles. The molecule has 1 aromatic heterocycles. The van der Waals surface area contributed by atoms with Gasteiger partial charge in [0, 0.05) is 50.9 Å². The van der Waals surface area contributed by atoms with Gasteiger partial charge in [0.05, 0.1) is 11.1 Å². The zero-order valence-corrected chi connectivity index (χ0v) is 50.9. The summed E-state index contributed by atoms with van der Waals surface area (Å²) in [5.74, 6) is 0. The van der Waals surface area contributed by atoms with E-state index in [1.807, 2.05) is 0 Å². The largest absolute Gasteiger partial charge is 0.456 e. The summed E-state index contributed by atoms with van der Waals surface area (Å²) in [4.78, 5) is 7.86. The molecule has 4 aliphatic rings. The fraction of sp³-hybridized carbons (Fsp3) is 0.360. The molecule has 0 saturated heterocycles. The minimum absolute atomic E-state index is 0.00912. The molecule has 4 nitrogen and oxygen atoms in total. The first-order valence-electron chi connectivity index (χ1n) is 29.8. The second-order valence-corrected chi connectivity index (χ2v) is 29.4. The fourth-order valence-corrected chi connectivity index (χ4v) is 14.7. The molecule has 0 bridgehead atoms. The molecule has 0 fully saturated rings. The van der Waals surface area contributed by atoms with E-state index in [0.717, 1.165) is 52.6 Å². The van der Waals surface area contributed by atoms with Crippen LogP contribution in [0.4, 0.5) is 51.2 Å². The van der Waals surface area contributed by atoms with Crippen molar-refractivity contribution in [2.24, 2.45) is 0 Å². The number of nitrogens with zero attached hydrogens (tertiary/aromatic N) is 3. The number of hydrogen-bond donors (Lipinski definition) is 0. The van der Waals surface area contributed by atoms with Gasteiger partial charge in [0.2, 0.25) is 0 Å². The van der Waals surface area contributed by atoms with Gasteiger partial charge in [-0.3, -0.25) is 0 Å². The average molecular weight is 1050 g/mol. The quantitative estimate of drug-likeness (QED) is 0.160. The maximum atomic E-state index is 6.78. The zero-order valence-electron chi connectivity index (χ0n) is 50.9. The third-order valence-corrected chi connectivity index (χ3v) is 19.8. The van der Waals surface area contributed by atoms with Crippen LogP contribution >= 0.6 is 0 Å². The highest BCUT2D eigenvalue weighted by molar-refractivity contribution is 7.00. The molecular formula is C75H82BN3O. The van der Waals surface area contributed by atoms with Crippen LogP contribution in [0.3, 0.4) is 0 Å². The summed E-state index contributed by atoms with van der Waals surface area (Å²) in [5, 5.41) is 2.24. The van der Waals surface area contributed by atoms with Gasteiger partial charge in [-0.1, -0.05) is 164 Å². The van der Waals surface area contributed by atoms with E-state index in [1.54, 1.807) is 0 Å². The maximum Gasteiger partial charge on any atom is 0.252 e. The van der Waals surface area contributed by atoms with E-state index in [0.29, 0.717) is 0 Å². The Bertz CT molecular complexity index is 3990. The van der Waals surface area contributed by atoms with Crippen molar-refractivity contribution in [2.75, 3.05) is 14.7 Å². The molecular weight excluding hydrogens is 970 g/mol. The van der Waals surface area contributed by atoms with E-state index in [4.69, 9.17) is 4.42 Å².